The van der Waals surface area contributed by atoms with Gasteiger partial charge in [-0.1, -0.05) is 153 Å². The Morgan fingerprint density at radius 3 is 2.12 bits per heavy atom. The van der Waals surface area contributed by atoms with Crippen molar-refractivity contribution in [1.82, 2.24) is 4.57 Å². The smallest absolute Gasteiger partial charge is 0.253 e. The molecule has 0 spiro atoms. The maximum atomic E-state index is 2.60. The molecule has 6 atom stereocenters. The van der Waals surface area contributed by atoms with Crippen molar-refractivity contribution < 1.29 is 10.2 Å². The lowest BCUT2D eigenvalue weighted by atomic mass is 9.74. The van der Waals surface area contributed by atoms with Crippen LogP contribution in [0.25, 0.3) is 65.9 Å². The lowest BCUT2D eigenvalue weighted by molar-refractivity contribution is -1.22. The van der Waals surface area contributed by atoms with E-state index < -0.39 is 0 Å². The van der Waals surface area contributed by atoms with Crippen LogP contribution < -0.4 is 15.1 Å². The van der Waals surface area contributed by atoms with Gasteiger partial charge in [-0.25, -0.2) is 5.32 Å². The van der Waals surface area contributed by atoms with Gasteiger partial charge in [-0.2, -0.15) is 4.90 Å². The minimum atomic E-state index is 0.210. The van der Waals surface area contributed by atoms with Crippen LogP contribution >= 0.6 is 0 Å². The van der Waals surface area contributed by atoms with Crippen LogP contribution in [0.4, 0.5) is 17.1 Å². The molecule has 4 heteroatoms. The number of rotatable bonds is 5. The Hall–Kier alpha value is -7.76. The zero-order chi connectivity index (χ0) is 43.5. The second kappa shape index (κ2) is 14.6. The number of hydrogen-bond donors (Lipinski definition) is 2. The number of anilines is 2. The van der Waals surface area contributed by atoms with E-state index in [1.165, 1.54) is 110 Å². The highest BCUT2D eigenvalue weighted by Gasteiger charge is 2.50. The van der Waals surface area contributed by atoms with Gasteiger partial charge in [0.2, 0.25) is 0 Å². The molecule has 14 rings (SSSR count). The molecule has 3 aliphatic rings. The monoisotopic (exact) mass is 848 g/mol. The number of fused-ring (bicyclic) bond motifs is 13. The first-order valence-corrected chi connectivity index (χ1v) is 23.6. The summed E-state index contributed by atoms with van der Waals surface area (Å²) in [6, 6.07) is 80.0. The molecule has 1 aromatic heterocycles. The molecule has 6 unspecified atom stereocenters. The molecule has 11 aromatic rings. The third-order valence-electron chi connectivity index (χ3n) is 15.4. The van der Waals surface area contributed by atoms with E-state index >= 15 is 0 Å². The SMILES string of the molecule is CC1C2c3ccccc3C=CC1N(c1ccc3cc4c(cc3c1)c1ccccc1n4-c1cccc([NH+]3C(c4ccccc4)[NH2+]C3c3ccc4c(ccc5ccccc54)c3)c1)c1ccccc12. The summed E-state index contributed by atoms with van der Waals surface area (Å²) in [7, 11) is 0. The molecular formula is C62H48N4+2. The maximum Gasteiger partial charge on any atom is 0.253 e. The van der Waals surface area contributed by atoms with Crippen LogP contribution in [0.15, 0.2) is 218 Å². The zero-order valence-electron chi connectivity index (χ0n) is 36.7. The molecule has 1 saturated heterocycles. The molecule has 10 aromatic carbocycles. The Balaban J connectivity index is 0.880. The van der Waals surface area contributed by atoms with Crippen molar-refractivity contribution in [2.24, 2.45) is 5.92 Å². The van der Waals surface area contributed by atoms with Gasteiger partial charge in [0.1, 0.15) is 5.69 Å². The second-order valence-electron chi connectivity index (χ2n) is 18.8. The summed E-state index contributed by atoms with van der Waals surface area (Å²) in [4.78, 5) is 4.05. The third-order valence-corrected chi connectivity index (χ3v) is 15.4. The van der Waals surface area contributed by atoms with Crippen molar-refractivity contribution in [3.8, 4) is 5.69 Å². The second-order valence-corrected chi connectivity index (χ2v) is 18.8. The number of para-hydroxylation sites is 2. The van der Waals surface area contributed by atoms with Crippen LogP contribution in [-0.4, -0.2) is 10.6 Å². The van der Waals surface area contributed by atoms with Gasteiger partial charge in [-0.3, -0.25) is 0 Å². The summed E-state index contributed by atoms with van der Waals surface area (Å²) in [5, 5.41) is 12.8. The normalized spacial score (nSPS) is 21.0. The molecule has 3 N–H and O–H groups in total. The van der Waals surface area contributed by atoms with Gasteiger partial charge in [0.25, 0.3) is 12.3 Å². The van der Waals surface area contributed by atoms with E-state index in [0.717, 1.165) is 0 Å². The number of quaternary nitrogens is 2. The number of benzene rings is 10. The van der Waals surface area contributed by atoms with Crippen LogP contribution in [0.2, 0.25) is 0 Å². The molecule has 1 fully saturated rings. The van der Waals surface area contributed by atoms with Gasteiger partial charge in [0.15, 0.2) is 0 Å². The Morgan fingerprint density at radius 2 is 1.20 bits per heavy atom. The summed E-state index contributed by atoms with van der Waals surface area (Å²) in [6.45, 7) is 2.44. The summed E-state index contributed by atoms with van der Waals surface area (Å²) >= 11 is 0. The van der Waals surface area contributed by atoms with Gasteiger partial charge < -0.3 is 9.47 Å². The first-order valence-electron chi connectivity index (χ1n) is 23.6. The largest absolute Gasteiger partial charge is 0.334 e. The van der Waals surface area contributed by atoms with Crippen LogP contribution in [0.5, 0.6) is 0 Å². The van der Waals surface area contributed by atoms with Gasteiger partial charge in [0, 0.05) is 34.1 Å². The summed E-state index contributed by atoms with van der Waals surface area (Å²) in [5.41, 5.74) is 14.3. The summed E-state index contributed by atoms with van der Waals surface area (Å²) in [6.07, 6.45) is 5.25. The van der Waals surface area contributed by atoms with Gasteiger partial charge in [0.05, 0.1) is 33.9 Å². The lowest BCUT2D eigenvalue weighted by Crippen LogP contribution is -3.37. The maximum absolute atomic E-state index is 2.60. The standard InChI is InChI=1S/C62H46N4/c1-39-56-33-30-41-15-6-8-21-52(41)60(39)54-23-10-12-25-58(54)64(56)49-31-28-43-37-59-55(36-46(43)35-49)53-22-9-11-24-57(53)65(59)47-18-13-19-48(38-47)66-61(42-16-3-2-4-17-42)63-62(66)45-29-32-51-44(34-45)27-26-40-14-5-7-20-50(40)51/h2-39,56,60-63H,1H3/p+2. The van der Waals surface area contributed by atoms with Crippen molar-refractivity contribution in [2.75, 3.05) is 4.90 Å². The average Bonchev–Trinajstić information content (AvgIpc) is 3.63. The Labute approximate surface area is 384 Å². The Kier molecular flexibility index (Phi) is 8.33. The van der Waals surface area contributed by atoms with E-state index in [2.05, 4.69) is 246 Å². The molecule has 1 aliphatic carbocycles. The van der Waals surface area contributed by atoms with Crippen LogP contribution in [0, 0.1) is 5.92 Å². The average molecular weight is 849 g/mol. The minimum absolute atomic E-state index is 0.210. The fraction of sp³-hybridized carbons (Fsp3) is 0.0968. The predicted octanol–water partition coefficient (Wildman–Crippen LogP) is 13.0. The van der Waals surface area contributed by atoms with Crippen molar-refractivity contribution >= 4 is 77.3 Å². The molecule has 2 aliphatic heterocycles. The van der Waals surface area contributed by atoms with Crippen molar-refractivity contribution in [3.05, 3.63) is 246 Å². The topological polar surface area (TPSA) is 29.2 Å². The predicted molar refractivity (Wildman–Crippen MR) is 273 cm³/mol. The zero-order valence-corrected chi connectivity index (χ0v) is 36.7. The first-order chi connectivity index (χ1) is 32.6. The number of nitrogens with one attached hydrogen (secondary N) is 1. The van der Waals surface area contributed by atoms with Crippen LogP contribution in [0.1, 0.15) is 53.0 Å². The highest BCUT2D eigenvalue weighted by Crippen LogP contribution is 2.51. The number of nitrogens with zero attached hydrogens (tertiary/aromatic N) is 2. The van der Waals surface area contributed by atoms with E-state index in [1.807, 2.05) is 0 Å². The summed E-state index contributed by atoms with van der Waals surface area (Å²) in [5.74, 6) is 0.739. The van der Waals surface area contributed by atoms with Gasteiger partial charge >= 0.3 is 0 Å². The summed E-state index contributed by atoms with van der Waals surface area (Å²) < 4.78 is 2.49. The molecular weight excluding hydrogens is 801 g/mol. The third kappa shape index (κ3) is 5.65. The van der Waals surface area contributed by atoms with E-state index in [1.54, 1.807) is 0 Å². The molecule has 0 saturated carbocycles. The van der Waals surface area contributed by atoms with Crippen LogP contribution in [-0.2, 0) is 0 Å². The first kappa shape index (κ1) is 37.6. The Morgan fingerprint density at radius 1 is 0.455 bits per heavy atom. The Bertz CT molecular complexity index is 3770. The molecule has 314 valence electrons. The van der Waals surface area contributed by atoms with Gasteiger partial charge in [-0.15, -0.1) is 0 Å². The fourth-order valence-electron chi connectivity index (χ4n) is 12.3. The minimum Gasteiger partial charge on any atom is -0.334 e. The number of hydrogen-bond acceptors (Lipinski definition) is 1. The van der Waals surface area contributed by atoms with Crippen LogP contribution in [0.3, 0.4) is 0 Å². The molecule has 3 heterocycles. The molecule has 0 amide bonds. The lowest BCUT2D eigenvalue weighted by Gasteiger charge is -2.45. The molecule has 4 nitrogen and oxygen atoms in total. The van der Waals surface area contributed by atoms with Crippen molar-refractivity contribution in [2.45, 2.75) is 31.2 Å². The quantitative estimate of drug-likeness (QED) is 0.166. The number of nitrogens with two attached hydrogens (primary N) is 1. The number of aromatic nitrogens is 1. The van der Waals surface area contributed by atoms with E-state index in [4.69, 9.17) is 0 Å². The highest BCUT2D eigenvalue weighted by molar-refractivity contribution is 6.14. The van der Waals surface area contributed by atoms with E-state index in [-0.39, 0.29) is 18.4 Å². The van der Waals surface area contributed by atoms with Crippen molar-refractivity contribution in [1.29, 1.82) is 0 Å². The van der Waals surface area contributed by atoms with E-state index in [0.29, 0.717) is 11.8 Å². The molecule has 0 radical (unpaired) electrons. The van der Waals surface area contributed by atoms with E-state index in [9.17, 15) is 0 Å². The fourth-order valence-corrected chi connectivity index (χ4v) is 12.3. The highest BCUT2D eigenvalue weighted by atomic mass is 15.5. The molecule has 66 heavy (non-hydrogen) atoms. The molecule has 2 bridgehead atoms. The van der Waals surface area contributed by atoms with Crippen molar-refractivity contribution in [3.63, 3.8) is 0 Å². The van der Waals surface area contributed by atoms with Gasteiger partial charge in [-0.05, 0) is 128 Å².